The second-order valence-electron chi connectivity index (χ2n) is 6.35. The minimum absolute atomic E-state index is 0.0285. The second kappa shape index (κ2) is 7.05. The van der Waals surface area contributed by atoms with Gasteiger partial charge in [-0.3, -0.25) is 9.69 Å². The van der Waals surface area contributed by atoms with Crippen LogP contribution < -0.4 is 5.56 Å². The molecule has 3 heterocycles. The van der Waals surface area contributed by atoms with Gasteiger partial charge in [0.05, 0.1) is 22.4 Å². The Morgan fingerprint density at radius 2 is 2.11 bits per heavy atom. The van der Waals surface area contributed by atoms with E-state index in [-0.39, 0.29) is 11.1 Å². The maximum Gasteiger partial charge on any atom is 0.255 e. The van der Waals surface area contributed by atoms with Crippen LogP contribution in [0.25, 0.3) is 11.4 Å². The van der Waals surface area contributed by atoms with Gasteiger partial charge >= 0.3 is 0 Å². The van der Waals surface area contributed by atoms with E-state index >= 15 is 0 Å². The minimum atomic E-state index is -0.526. The first kappa shape index (κ1) is 17.0. The first-order chi connectivity index (χ1) is 13.1. The highest BCUT2D eigenvalue weighted by molar-refractivity contribution is 5.52. The molecule has 27 heavy (non-hydrogen) atoms. The molecule has 4 rings (SSSR count). The summed E-state index contributed by atoms with van der Waals surface area (Å²) >= 11 is 0. The van der Waals surface area contributed by atoms with Crippen LogP contribution in [-0.2, 0) is 19.5 Å². The van der Waals surface area contributed by atoms with Gasteiger partial charge < -0.3 is 4.98 Å². The predicted octanol–water partition coefficient (Wildman–Crippen LogP) is 1.80. The van der Waals surface area contributed by atoms with Crippen LogP contribution in [0, 0.1) is 17.1 Å². The summed E-state index contributed by atoms with van der Waals surface area (Å²) in [6.45, 7) is 1.64. The van der Waals surface area contributed by atoms with Crippen molar-refractivity contribution in [2.24, 2.45) is 0 Å². The lowest BCUT2D eigenvalue weighted by Crippen LogP contribution is -2.35. The Kier molecular flexibility index (Phi) is 4.44. The Balaban J connectivity index is 1.56. The minimum Gasteiger partial charge on any atom is -0.306 e. The zero-order chi connectivity index (χ0) is 18.8. The van der Waals surface area contributed by atoms with Gasteiger partial charge in [0, 0.05) is 38.4 Å². The molecule has 1 N–H and O–H groups in total. The maximum atomic E-state index is 13.8. The molecule has 0 saturated carbocycles. The van der Waals surface area contributed by atoms with Crippen molar-refractivity contribution < 1.29 is 4.39 Å². The van der Waals surface area contributed by atoms with Crippen LogP contribution in [0.4, 0.5) is 4.39 Å². The van der Waals surface area contributed by atoms with Gasteiger partial charge in [-0.05, 0) is 17.7 Å². The van der Waals surface area contributed by atoms with Crippen molar-refractivity contribution >= 4 is 0 Å². The van der Waals surface area contributed by atoms with Gasteiger partial charge in [0.1, 0.15) is 24.0 Å². The molecule has 0 radical (unpaired) electrons. The van der Waals surface area contributed by atoms with Gasteiger partial charge in [-0.15, -0.1) is 0 Å². The number of rotatable bonds is 3. The van der Waals surface area contributed by atoms with Crippen LogP contribution in [0.5, 0.6) is 0 Å². The van der Waals surface area contributed by atoms with E-state index in [1.165, 1.54) is 18.5 Å². The van der Waals surface area contributed by atoms with Crippen molar-refractivity contribution in [2.75, 3.05) is 6.54 Å². The van der Waals surface area contributed by atoms with E-state index in [0.29, 0.717) is 43.0 Å². The van der Waals surface area contributed by atoms with Gasteiger partial charge in [0.2, 0.25) is 0 Å². The third kappa shape index (κ3) is 3.45. The van der Waals surface area contributed by atoms with Crippen LogP contribution in [0.2, 0.25) is 0 Å². The smallest absolute Gasteiger partial charge is 0.255 e. The number of aromatic nitrogens is 4. The molecule has 1 aliphatic rings. The average Bonchev–Trinajstić information content (AvgIpc) is 2.69. The molecule has 134 valence electrons. The third-order valence-corrected chi connectivity index (χ3v) is 4.54. The first-order valence-corrected chi connectivity index (χ1v) is 8.42. The van der Waals surface area contributed by atoms with E-state index in [0.717, 1.165) is 11.3 Å². The second-order valence-corrected chi connectivity index (χ2v) is 6.35. The number of nitrogens with one attached hydrogen (secondary N) is 1. The average molecular weight is 362 g/mol. The number of fused-ring (bicyclic) bond motifs is 1. The standard InChI is InChI=1S/C19H15FN6O/c20-16-5-12(1-2-13(16)6-21)9-26-4-3-17-15(10-26)19(27)25-18(24-17)14-7-22-11-23-8-14/h1-2,5,7-8,11H,3-4,9-10H2,(H,24,25,27). The molecule has 1 aliphatic heterocycles. The van der Waals surface area contributed by atoms with Gasteiger partial charge in [-0.25, -0.2) is 19.3 Å². The SMILES string of the molecule is N#Cc1ccc(CN2CCc3nc(-c4cncnc4)[nH]c(=O)c3C2)cc1F. The molecule has 0 bridgehead atoms. The predicted molar refractivity (Wildman–Crippen MR) is 94.8 cm³/mol. The van der Waals surface area contributed by atoms with Crippen molar-refractivity contribution in [3.63, 3.8) is 0 Å². The van der Waals surface area contributed by atoms with E-state index in [4.69, 9.17) is 5.26 Å². The number of hydrogen-bond donors (Lipinski definition) is 1. The van der Waals surface area contributed by atoms with E-state index in [2.05, 4.69) is 24.8 Å². The molecule has 0 spiro atoms. The number of nitriles is 1. The molecule has 3 aromatic rings. The van der Waals surface area contributed by atoms with Crippen molar-refractivity contribution in [2.45, 2.75) is 19.5 Å². The van der Waals surface area contributed by atoms with Crippen molar-refractivity contribution in [1.82, 2.24) is 24.8 Å². The normalized spacial score (nSPS) is 13.8. The van der Waals surface area contributed by atoms with Gasteiger partial charge in [0.15, 0.2) is 0 Å². The number of H-pyrrole nitrogens is 1. The lowest BCUT2D eigenvalue weighted by molar-refractivity contribution is 0.241. The van der Waals surface area contributed by atoms with E-state index in [1.807, 2.05) is 6.07 Å². The fraction of sp³-hybridized carbons (Fsp3) is 0.211. The summed E-state index contributed by atoms with van der Waals surface area (Å²) in [7, 11) is 0. The largest absolute Gasteiger partial charge is 0.306 e. The van der Waals surface area contributed by atoms with E-state index in [9.17, 15) is 9.18 Å². The number of hydrogen-bond acceptors (Lipinski definition) is 6. The van der Waals surface area contributed by atoms with E-state index in [1.54, 1.807) is 18.5 Å². The highest BCUT2D eigenvalue weighted by Gasteiger charge is 2.22. The maximum absolute atomic E-state index is 13.8. The van der Waals surface area contributed by atoms with Gasteiger partial charge in [-0.1, -0.05) is 6.07 Å². The van der Waals surface area contributed by atoms with Gasteiger partial charge in [-0.2, -0.15) is 5.26 Å². The van der Waals surface area contributed by atoms with Crippen LogP contribution in [0.1, 0.15) is 22.4 Å². The van der Waals surface area contributed by atoms with Crippen molar-refractivity contribution in [3.05, 3.63) is 75.5 Å². The molecule has 0 aliphatic carbocycles. The summed E-state index contributed by atoms with van der Waals surface area (Å²) in [5.74, 6) is -0.0661. The Labute approximate surface area is 154 Å². The zero-order valence-electron chi connectivity index (χ0n) is 14.3. The molecular weight excluding hydrogens is 347 g/mol. The molecule has 8 heteroatoms. The lowest BCUT2D eigenvalue weighted by atomic mass is 10.0. The molecule has 2 aromatic heterocycles. The highest BCUT2D eigenvalue weighted by atomic mass is 19.1. The number of halogens is 1. The van der Waals surface area contributed by atoms with Crippen LogP contribution >= 0.6 is 0 Å². The Hall–Kier alpha value is -3.44. The molecule has 0 fully saturated rings. The van der Waals surface area contributed by atoms with Crippen LogP contribution in [-0.4, -0.2) is 31.4 Å². The third-order valence-electron chi connectivity index (χ3n) is 4.54. The summed E-state index contributed by atoms with van der Waals surface area (Å²) in [6.07, 6.45) is 5.25. The molecule has 0 amide bonds. The van der Waals surface area contributed by atoms with Crippen LogP contribution in [0.15, 0.2) is 41.7 Å². The quantitative estimate of drug-likeness (QED) is 0.763. The molecular formula is C19H15FN6O. The summed E-state index contributed by atoms with van der Waals surface area (Å²) in [5, 5.41) is 8.82. The number of nitrogens with zero attached hydrogens (tertiary/aromatic N) is 5. The fourth-order valence-corrected chi connectivity index (χ4v) is 3.18. The topological polar surface area (TPSA) is 98.6 Å². The van der Waals surface area contributed by atoms with Crippen LogP contribution in [0.3, 0.4) is 0 Å². The summed E-state index contributed by atoms with van der Waals surface area (Å²) in [5.41, 5.74) is 2.65. The number of benzene rings is 1. The Morgan fingerprint density at radius 3 is 2.85 bits per heavy atom. The zero-order valence-corrected chi connectivity index (χ0v) is 14.3. The summed E-state index contributed by atoms with van der Waals surface area (Å²) in [4.78, 5) is 29.8. The summed E-state index contributed by atoms with van der Waals surface area (Å²) in [6, 6.07) is 6.40. The van der Waals surface area contributed by atoms with Gasteiger partial charge in [0.25, 0.3) is 5.56 Å². The molecule has 0 saturated heterocycles. The Bertz CT molecular complexity index is 1090. The monoisotopic (exact) mass is 362 g/mol. The highest BCUT2D eigenvalue weighted by Crippen LogP contribution is 2.20. The van der Waals surface area contributed by atoms with Crippen molar-refractivity contribution in [1.29, 1.82) is 5.26 Å². The molecule has 1 aromatic carbocycles. The first-order valence-electron chi connectivity index (χ1n) is 8.42. The Morgan fingerprint density at radius 1 is 1.30 bits per heavy atom. The lowest BCUT2D eigenvalue weighted by Gasteiger charge is -2.27. The fourth-order valence-electron chi connectivity index (χ4n) is 3.18. The molecule has 7 nitrogen and oxygen atoms in total. The number of aromatic amines is 1. The van der Waals surface area contributed by atoms with E-state index < -0.39 is 5.82 Å². The molecule has 0 unspecified atom stereocenters. The van der Waals surface area contributed by atoms with Crippen molar-refractivity contribution in [3.8, 4) is 17.5 Å². The molecule has 0 atom stereocenters. The summed E-state index contributed by atoms with van der Waals surface area (Å²) < 4.78 is 13.8.